The van der Waals surface area contributed by atoms with Crippen molar-refractivity contribution in [2.45, 2.75) is 38.1 Å². The summed E-state index contributed by atoms with van der Waals surface area (Å²) in [5.74, 6) is -3.40. The van der Waals surface area contributed by atoms with Crippen LogP contribution < -0.4 is 5.56 Å². The summed E-state index contributed by atoms with van der Waals surface area (Å²) in [5, 5.41) is 3.76. The molecule has 28 heavy (non-hydrogen) atoms. The van der Waals surface area contributed by atoms with E-state index in [1.807, 2.05) is 0 Å². The highest BCUT2D eigenvalue weighted by Crippen LogP contribution is 2.36. The number of nitrogens with zero attached hydrogens (tertiary/aromatic N) is 4. The average molecular weight is 409 g/mol. The molecule has 1 saturated carbocycles. The highest BCUT2D eigenvalue weighted by molar-refractivity contribution is 6.31. The maximum Gasteiger partial charge on any atom is 0.296 e. The van der Waals surface area contributed by atoms with Crippen molar-refractivity contribution in [2.24, 2.45) is 0 Å². The molecule has 9 heteroatoms. The van der Waals surface area contributed by atoms with Gasteiger partial charge in [-0.1, -0.05) is 30.9 Å². The standard InChI is InChI=1S/C19H16ClF3N4O/c20-17-16(15-13(22)9-11(21)10-14(15)23)27(12-5-2-1-3-6-12)19(28)18(25-17)26-8-4-7-24-26/h4,7-10,12H,1-3,5-6H2. The van der Waals surface area contributed by atoms with E-state index in [2.05, 4.69) is 10.1 Å². The Kier molecular flexibility index (Phi) is 4.97. The smallest absolute Gasteiger partial charge is 0.296 e. The van der Waals surface area contributed by atoms with Gasteiger partial charge in [0.25, 0.3) is 5.56 Å². The quantitative estimate of drug-likeness (QED) is 0.632. The molecular weight excluding hydrogens is 393 g/mol. The van der Waals surface area contributed by atoms with Crippen molar-refractivity contribution in [3.8, 4) is 17.1 Å². The predicted molar refractivity (Wildman–Crippen MR) is 98.1 cm³/mol. The molecule has 0 N–H and O–H groups in total. The van der Waals surface area contributed by atoms with Crippen LogP contribution in [0.1, 0.15) is 38.1 Å². The van der Waals surface area contributed by atoms with Crippen molar-refractivity contribution < 1.29 is 13.2 Å². The van der Waals surface area contributed by atoms with Gasteiger partial charge in [0.1, 0.15) is 17.5 Å². The second-order valence-electron chi connectivity index (χ2n) is 6.74. The molecule has 0 saturated heterocycles. The summed E-state index contributed by atoms with van der Waals surface area (Å²) in [6, 6.07) is 2.44. The lowest BCUT2D eigenvalue weighted by atomic mass is 9.94. The number of rotatable bonds is 3. The maximum absolute atomic E-state index is 14.5. The summed E-state index contributed by atoms with van der Waals surface area (Å²) >= 11 is 6.32. The molecule has 0 unspecified atom stereocenters. The Balaban J connectivity index is 2.03. The maximum atomic E-state index is 14.5. The molecule has 0 spiro atoms. The first kappa shape index (κ1) is 18.7. The minimum absolute atomic E-state index is 0.0627. The summed E-state index contributed by atoms with van der Waals surface area (Å²) in [4.78, 5) is 17.3. The molecule has 2 heterocycles. The Morgan fingerprint density at radius 2 is 1.75 bits per heavy atom. The van der Waals surface area contributed by atoms with Crippen molar-refractivity contribution >= 4 is 11.6 Å². The largest absolute Gasteiger partial charge is 0.299 e. The van der Waals surface area contributed by atoms with Crippen LogP contribution in [0, 0.1) is 17.5 Å². The minimum Gasteiger partial charge on any atom is -0.299 e. The zero-order valence-corrected chi connectivity index (χ0v) is 15.5. The van der Waals surface area contributed by atoms with E-state index in [4.69, 9.17) is 11.6 Å². The minimum atomic E-state index is -1.14. The van der Waals surface area contributed by atoms with Crippen molar-refractivity contribution in [1.82, 2.24) is 19.3 Å². The van der Waals surface area contributed by atoms with Crippen LogP contribution in [0.5, 0.6) is 0 Å². The topological polar surface area (TPSA) is 52.7 Å². The van der Waals surface area contributed by atoms with Crippen LogP contribution >= 0.6 is 11.6 Å². The Bertz CT molecular complexity index is 1050. The van der Waals surface area contributed by atoms with Gasteiger partial charge in [-0.05, 0) is 18.9 Å². The summed E-state index contributed by atoms with van der Waals surface area (Å²) in [5.41, 5.74) is -1.30. The zero-order chi connectivity index (χ0) is 19.8. The van der Waals surface area contributed by atoms with Gasteiger partial charge in [0.2, 0.25) is 5.82 Å². The number of benzene rings is 1. The van der Waals surface area contributed by atoms with Crippen LogP contribution in [-0.4, -0.2) is 19.3 Å². The van der Waals surface area contributed by atoms with Gasteiger partial charge in [0.15, 0.2) is 5.15 Å². The average Bonchev–Trinajstić information content (AvgIpc) is 3.18. The Morgan fingerprint density at radius 1 is 1.07 bits per heavy atom. The molecule has 1 aliphatic carbocycles. The van der Waals surface area contributed by atoms with E-state index in [0.717, 1.165) is 19.3 Å². The highest BCUT2D eigenvalue weighted by atomic mass is 35.5. The molecule has 1 fully saturated rings. The summed E-state index contributed by atoms with van der Waals surface area (Å²) in [6.45, 7) is 0. The van der Waals surface area contributed by atoms with Crippen molar-refractivity contribution in [3.05, 3.63) is 63.6 Å². The highest BCUT2D eigenvalue weighted by Gasteiger charge is 2.28. The van der Waals surface area contributed by atoms with Gasteiger partial charge in [0.05, 0.1) is 11.3 Å². The molecule has 3 aromatic rings. The lowest BCUT2D eigenvalue weighted by Gasteiger charge is -2.27. The Labute approximate surface area is 163 Å². The summed E-state index contributed by atoms with van der Waals surface area (Å²) < 4.78 is 45.0. The fourth-order valence-corrected chi connectivity index (χ4v) is 3.99. The molecule has 146 valence electrons. The van der Waals surface area contributed by atoms with Crippen LogP contribution in [-0.2, 0) is 0 Å². The molecule has 0 radical (unpaired) electrons. The van der Waals surface area contributed by atoms with E-state index in [9.17, 15) is 18.0 Å². The van der Waals surface area contributed by atoms with E-state index in [-0.39, 0.29) is 22.7 Å². The normalized spacial score (nSPS) is 15.1. The van der Waals surface area contributed by atoms with Gasteiger partial charge < -0.3 is 0 Å². The van der Waals surface area contributed by atoms with Crippen LogP contribution in [0.2, 0.25) is 5.15 Å². The molecule has 1 aromatic carbocycles. The molecule has 0 atom stereocenters. The fourth-order valence-electron chi connectivity index (χ4n) is 3.73. The molecule has 5 nitrogen and oxygen atoms in total. The molecule has 0 bridgehead atoms. The van der Waals surface area contributed by atoms with Gasteiger partial charge in [-0.3, -0.25) is 9.36 Å². The number of aromatic nitrogens is 4. The van der Waals surface area contributed by atoms with Gasteiger partial charge in [-0.2, -0.15) is 5.10 Å². The first-order chi connectivity index (χ1) is 13.5. The SMILES string of the molecule is O=c1c(-n2cccn2)nc(Cl)c(-c2c(F)cc(F)cc2F)n1C1CCCCC1. The lowest BCUT2D eigenvalue weighted by Crippen LogP contribution is -2.32. The van der Waals surface area contributed by atoms with Crippen LogP contribution in [0.25, 0.3) is 17.1 Å². The van der Waals surface area contributed by atoms with E-state index < -0.39 is 28.6 Å². The fraction of sp³-hybridized carbons (Fsp3) is 0.316. The van der Waals surface area contributed by atoms with Crippen molar-refractivity contribution in [1.29, 1.82) is 0 Å². The molecule has 0 aliphatic heterocycles. The molecule has 1 aliphatic rings. The third-order valence-corrected chi connectivity index (χ3v) is 5.22. The van der Waals surface area contributed by atoms with Crippen LogP contribution in [0.4, 0.5) is 13.2 Å². The second kappa shape index (κ2) is 7.43. The van der Waals surface area contributed by atoms with Crippen molar-refractivity contribution in [3.63, 3.8) is 0 Å². The van der Waals surface area contributed by atoms with Gasteiger partial charge in [-0.25, -0.2) is 22.8 Å². The zero-order valence-electron chi connectivity index (χ0n) is 14.7. The third kappa shape index (κ3) is 3.22. The Hall–Kier alpha value is -2.61. The monoisotopic (exact) mass is 408 g/mol. The summed E-state index contributed by atoms with van der Waals surface area (Å²) in [7, 11) is 0. The van der Waals surface area contributed by atoms with E-state index in [1.165, 1.54) is 21.6 Å². The molecular formula is C19H16ClF3N4O. The second-order valence-corrected chi connectivity index (χ2v) is 7.09. The van der Waals surface area contributed by atoms with Gasteiger partial charge >= 0.3 is 0 Å². The first-order valence-electron chi connectivity index (χ1n) is 8.94. The van der Waals surface area contributed by atoms with Gasteiger partial charge in [-0.15, -0.1) is 0 Å². The van der Waals surface area contributed by atoms with Crippen molar-refractivity contribution in [2.75, 3.05) is 0 Å². The van der Waals surface area contributed by atoms with E-state index in [1.54, 1.807) is 6.07 Å². The van der Waals surface area contributed by atoms with E-state index >= 15 is 0 Å². The number of hydrogen-bond acceptors (Lipinski definition) is 3. The van der Waals surface area contributed by atoms with Crippen LogP contribution in [0.3, 0.4) is 0 Å². The lowest BCUT2D eigenvalue weighted by molar-refractivity contribution is 0.347. The molecule has 0 amide bonds. The number of halogens is 4. The predicted octanol–water partition coefficient (Wildman–Crippen LogP) is 4.67. The Morgan fingerprint density at radius 3 is 2.36 bits per heavy atom. The summed E-state index contributed by atoms with van der Waals surface area (Å²) in [6.07, 6.45) is 7.11. The van der Waals surface area contributed by atoms with Crippen LogP contribution in [0.15, 0.2) is 35.4 Å². The molecule has 4 rings (SSSR count). The van der Waals surface area contributed by atoms with Gasteiger partial charge in [0, 0.05) is 30.6 Å². The molecule has 2 aromatic heterocycles. The number of hydrogen-bond donors (Lipinski definition) is 0. The first-order valence-corrected chi connectivity index (χ1v) is 9.32. The third-order valence-electron chi connectivity index (χ3n) is 4.96. The van der Waals surface area contributed by atoms with E-state index in [0.29, 0.717) is 25.0 Å².